The molecule has 2 aliphatic heterocycles. The summed E-state index contributed by atoms with van der Waals surface area (Å²) < 4.78 is 0. The first-order chi connectivity index (χ1) is 15.5. The van der Waals surface area contributed by atoms with Gasteiger partial charge >= 0.3 is 0 Å². The first-order valence-electron chi connectivity index (χ1n) is 10.2. The Morgan fingerprint density at radius 1 is 0.906 bits per heavy atom. The first kappa shape index (κ1) is 19.9. The molecule has 3 unspecified atom stereocenters. The van der Waals surface area contributed by atoms with E-state index in [4.69, 9.17) is 4.84 Å². The number of aryl methyl sites for hydroxylation is 1. The van der Waals surface area contributed by atoms with Crippen LogP contribution in [0.4, 0.5) is 17.1 Å². The van der Waals surface area contributed by atoms with Gasteiger partial charge in [-0.3, -0.25) is 24.5 Å². The van der Waals surface area contributed by atoms with Gasteiger partial charge in [0, 0.05) is 12.1 Å². The number of benzene rings is 3. The van der Waals surface area contributed by atoms with Crippen molar-refractivity contribution in [2.45, 2.75) is 19.1 Å². The van der Waals surface area contributed by atoms with Crippen LogP contribution >= 0.6 is 0 Å². The fourth-order valence-electron chi connectivity index (χ4n) is 4.42. The van der Waals surface area contributed by atoms with Gasteiger partial charge in [-0.1, -0.05) is 54.6 Å². The Kier molecular flexibility index (Phi) is 4.71. The Labute approximate surface area is 183 Å². The summed E-state index contributed by atoms with van der Waals surface area (Å²) in [6, 6.07) is 22.0. The number of nitro groups is 1. The van der Waals surface area contributed by atoms with Crippen LogP contribution in [-0.4, -0.2) is 22.8 Å². The number of anilines is 2. The molecule has 0 spiro atoms. The van der Waals surface area contributed by atoms with Crippen LogP contribution in [0.5, 0.6) is 0 Å². The molecule has 0 N–H and O–H groups in total. The molecular formula is C24H19N3O5. The highest BCUT2D eigenvalue weighted by molar-refractivity contribution is 6.24. The normalized spacial score (nSPS) is 22.3. The average molecular weight is 429 g/mol. The molecule has 2 amide bonds. The van der Waals surface area contributed by atoms with Crippen molar-refractivity contribution in [2.75, 3.05) is 9.96 Å². The minimum atomic E-state index is -1.02. The van der Waals surface area contributed by atoms with Gasteiger partial charge in [-0.25, -0.2) is 9.96 Å². The Morgan fingerprint density at radius 3 is 2.34 bits per heavy atom. The van der Waals surface area contributed by atoms with Crippen LogP contribution in [0.25, 0.3) is 0 Å². The highest BCUT2D eigenvalue weighted by atomic mass is 16.7. The van der Waals surface area contributed by atoms with Crippen LogP contribution in [0.2, 0.25) is 0 Å². The van der Waals surface area contributed by atoms with Gasteiger partial charge in [0.1, 0.15) is 5.92 Å². The Morgan fingerprint density at radius 2 is 1.62 bits per heavy atom. The lowest BCUT2D eigenvalue weighted by Crippen LogP contribution is -2.37. The number of carbonyl (C=O) groups excluding carboxylic acids is 2. The second-order valence-corrected chi connectivity index (χ2v) is 7.81. The maximum absolute atomic E-state index is 13.6. The first-order valence-corrected chi connectivity index (χ1v) is 10.2. The van der Waals surface area contributed by atoms with Crippen LogP contribution in [0.3, 0.4) is 0 Å². The summed E-state index contributed by atoms with van der Waals surface area (Å²) in [6.07, 6.45) is -1.02. The number of non-ortho nitro benzene ring substituents is 1. The molecular weight excluding hydrogens is 410 g/mol. The number of imide groups is 1. The second-order valence-electron chi connectivity index (χ2n) is 7.81. The van der Waals surface area contributed by atoms with Crippen molar-refractivity contribution in [2.24, 2.45) is 5.92 Å². The molecule has 3 aromatic carbocycles. The summed E-state index contributed by atoms with van der Waals surface area (Å²) in [6.45, 7) is 1.94. The van der Waals surface area contributed by atoms with Gasteiger partial charge in [0.05, 0.1) is 22.3 Å². The van der Waals surface area contributed by atoms with Crippen molar-refractivity contribution in [1.29, 1.82) is 0 Å². The monoisotopic (exact) mass is 429 g/mol. The Bertz CT molecular complexity index is 1230. The van der Waals surface area contributed by atoms with E-state index in [1.54, 1.807) is 5.06 Å². The van der Waals surface area contributed by atoms with Crippen LogP contribution in [-0.2, 0) is 14.4 Å². The van der Waals surface area contributed by atoms with Crippen molar-refractivity contribution < 1.29 is 19.3 Å². The molecule has 8 nitrogen and oxygen atoms in total. The number of fused-ring (bicyclic) bond motifs is 1. The highest BCUT2D eigenvalue weighted by Gasteiger charge is 2.60. The lowest BCUT2D eigenvalue weighted by molar-refractivity contribution is -0.384. The van der Waals surface area contributed by atoms with E-state index in [0.717, 1.165) is 21.7 Å². The molecule has 0 aromatic heterocycles. The molecule has 3 aromatic rings. The summed E-state index contributed by atoms with van der Waals surface area (Å²) >= 11 is 0. The Hall–Kier alpha value is -4.04. The summed E-state index contributed by atoms with van der Waals surface area (Å²) in [4.78, 5) is 44.6. The van der Waals surface area contributed by atoms with Gasteiger partial charge in [-0.05, 0) is 30.2 Å². The van der Waals surface area contributed by atoms with Crippen LogP contribution < -0.4 is 9.96 Å². The zero-order chi connectivity index (χ0) is 22.4. The van der Waals surface area contributed by atoms with Gasteiger partial charge in [-0.15, -0.1) is 0 Å². The van der Waals surface area contributed by atoms with Crippen molar-refractivity contribution in [3.63, 3.8) is 0 Å². The molecule has 0 aliphatic carbocycles. The number of rotatable bonds is 4. The zero-order valence-electron chi connectivity index (χ0n) is 17.1. The molecule has 3 atom stereocenters. The topological polar surface area (TPSA) is 93.0 Å². The molecule has 2 heterocycles. The molecule has 32 heavy (non-hydrogen) atoms. The van der Waals surface area contributed by atoms with E-state index in [9.17, 15) is 19.7 Å². The summed E-state index contributed by atoms with van der Waals surface area (Å²) in [5.74, 6) is -1.76. The van der Waals surface area contributed by atoms with Crippen molar-refractivity contribution in [1.82, 2.24) is 0 Å². The van der Waals surface area contributed by atoms with E-state index in [2.05, 4.69) is 0 Å². The summed E-state index contributed by atoms with van der Waals surface area (Å²) in [7, 11) is 0. The van der Waals surface area contributed by atoms with Crippen LogP contribution in [0.1, 0.15) is 17.2 Å². The van der Waals surface area contributed by atoms with Crippen molar-refractivity contribution in [3.05, 3.63) is 100 Å². The van der Waals surface area contributed by atoms with Crippen LogP contribution in [0, 0.1) is 23.0 Å². The lowest BCUT2D eigenvalue weighted by Gasteiger charge is -2.29. The third kappa shape index (κ3) is 3.04. The molecule has 5 rings (SSSR count). The van der Waals surface area contributed by atoms with Crippen LogP contribution in [0.15, 0.2) is 78.9 Å². The quantitative estimate of drug-likeness (QED) is 0.354. The third-order valence-corrected chi connectivity index (χ3v) is 5.91. The molecule has 160 valence electrons. The minimum absolute atomic E-state index is 0.168. The summed E-state index contributed by atoms with van der Waals surface area (Å²) in [5.41, 5.74) is 2.54. The van der Waals surface area contributed by atoms with E-state index < -0.39 is 34.8 Å². The van der Waals surface area contributed by atoms with Gasteiger partial charge in [0.15, 0.2) is 6.10 Å². The van der Waals surface area contributed by atoms with Gasteiger partial charge in [0.25, 0.3) is 11.6 Å². The van der Waals surface area contributed by atoms with Gasteiger partial charge in [-0.2, -0.15) is 0 Å². The molecule has 2 fully saturated rings. The third-order valence-electron chi connectivity index (χ3n) is 5.91. The SMILES string of the molecule is Cc1ccccc1N1OC2C(=O)N(c3cccc([N+](=O)[O-])c3)C(=O)C2C1c1ccccc1. The van der Waals surface area contributed by atoms with E-state index in [0.29, 0.717) is 0 Å². The molecule has 2 aliphatic rings. The van der Waals surface area contributed by atoms with Gasteiger partial charge < -0.3 is 0 Å². The number of hydrogen-bond donors (Lipinski definition) is 0. The maximum Gasteiger partial charge on any atom is 0.271 e. The van der Waals surface area contributed by atoms with E-state index >= 15 is 0 Å². The van der Waals surface area contributed by atoms with Crippen molar-refractivity contribution >= 4 is 28.9 Å². The molecule has 8 heteroatoms. The fraction of sp³-hybridized carbons (Fsp3) is 0.167. The number of hydrogen-bond acceptors (Lipinski definition) is 6. The smallest absolute Gasteiger partial charge is 0.271 e. The summed E-state index contributed by atoms with van der Waals surface area (Å²) in [5, 5.41) is 12.8. The number of nitro benzene ring substituents is 1. The maximum atomic E-state index is 13.6. The molecule has 0 radical (unpaired) electrons. The largest absolute Gasteiger partial charge is 0.273 e. The predicted molar refractivity (Wildman–Crippen MR) is 117 cm³/mol. The number of para-hydroxylation sites is 1. The van der Waals surface area contributed by atoms with Crippen molar-refractivity contribution in [3.8, 4) is 0 Å². The zero-order valence-corrected chi connectivity index (χ0v) is 17.1. The molecule has 0 saturated carbocycles. The average Bonchev–Trinajstić information content (AvgIpc) is 3.30. The number of hydroxylamine groups is 1. The lowest BCUT2D eigenvalue weighted by atomic mass is 9.90. The highest BCUT2D eigenvalue weighted by Crippen LogP contribution is 2.48. The number of carbonyl (C=O) groups is 2. The predicted octanol–water partition coefficient (Wildman–Crippen LogP) is 3.95. The molecule has 0 bridgehead atoms. The van der Waals surface area contributed by atoms with E-state index in [-0.39, 0.29) is 11.4 Å². The molecule has 2 saturated heterocycles. The van der Waals surface area contributed by atoms with Gasteiger partial charge in [0.2, 0.25) is 5.91 Å². The number of amides is 2. The second kappa shape index (κ2) is 7.58. The Balaban J connectivity index is 1.59. The van der Waals surface area contributed by atoms with E-state index in [1.165, 1.54) is 24.3 Å². The minimum Gasteiger partial charge on any atom is -0.273 e. The standard InChI is InChI=1S/C24H19N3O5/c1-15-8-5-6-13-19(15)26-21(16-9-3-2-4-10-16)20-22(32-26)24(29)25(23(20)28)17-11-7-12-18(14-17)27(30)31/h2-14,20-22H,1H3. The van der Waals surface area contributed by atoms with E-state index in [1.807, 2.05) is 61.5 Å². The number of nitrogens with zero attached hydrogens (tertiary/aromatic N) is 3. The fourth-order valence-corrected chi connectivity index (χ4v) is 4.42.